The predicted octanol–water partition coefficient (Wildman–Crippen LogP) is 3.18. The monoisotopic (exact) mass is 457 g/mol. The van der Waals surface area contributed by atoms with Gasteiger partial charge in [0.1, 0.15) is 16.8 Å². The number of amides is 1. The maximum absolute atomic E-state index is 12.6. The molecule has 2 aromatic heterocycles. The van der Waals surface area contributed by atoms with E-state index in [1.807, 2.05) is 6.92 Å². The third kappa shape index (κ3) is 3.79. The molecule has 0 aliphatic rings. The van der Waals surface area contributed by atoms with Crippen LogP contribution in [0.1, 0.15) is 24.0 Å². The predicted molar refractivity (Wildman–Crippen MR) is 99.1 cm³/mol. The fourth-order valence-corrected chi connectivity index (χ4v) is 3.43. The van der Waals surface area contributed by atoms with E-state index in [1.54, 1.807) is 11.5 Å². The second kappa shape index (κ2) is 7.38. The van der Waals surface area contributed by atoms with Gasteiger partial charge in [-0.15, -0.1) is 5.10 Å². The lowest BCUT2D eigenvalue weighted by Crippen LogP contribution is -2.28. The average molecular weight is 458 g/mol. The van der Waals surface area contributed by atoms with E-state index in [4.69, 9.17) is 0 Å². The van der Waals surface area contributed by atoms with Crippen LogP contribution in [0, 0.1) is 6.92 Å². The number of fused-ring (bicyclic) bond motifs is 1. The number of anilines is 1. The second-order valence-electron chi connectivity index (χ2n) is 6.00. The van der Waals surface area contributed by atoms with Crippen LogP contribution in [0.25, 0.3) is 5.78 Å². The molecule has 0 radical (unpaired) electrons. The molecule has 0 saturated carbocycles. The van der Waals surface area contributed by atoms with E-state index in [-0.39, 0.29) is 28.0 Å². The van der Waals surface area contributed by atoms with Gasteiger partial charge in [0.2, 0.25) is 11.7 Å². The van der Waals surface area contributed by atoms with Crippen LogP contribution in [-0.4, -0.2) is 25.1 Å². The lowest BCUT2D eigenvalue weighted by molar-refractivity contribution is -0.137. The Kier molecular flexibility index (Phi) is 5.28. The fourth-order valence-electron chi connectivity index (χ4n) is 2.77. The Balaban J connectivity index is 1.91. The van der Waals surface area contributed by atoms with Crippen molar-refractivity contribution in [3.8, 4) is 0 Å². The van der Waals surface area contributed by atoms with Crippen LogP contribution in [0.15, 0.2) is 33.5 Å². The summed E-state index contributed by atoms with van der Waals surface area (Å²) in [7, 11) is 0. The zero-order valence-electron chi connectivity index (χ0n) is 14.8. The van der Waals surface area contributed by atoms with Crippen LogP contribution in [0.2, 0.25) is 0 Å². The molecular weight excluding hydrogens is 443 g/mol. The van der Waals surface area contributed by atoms with Crippen LogP contribution in [0.5, 0.6) is 0 Å². The number of benzene rings is 1. The zero-order chi connectivity index (χ0) is 20.6. The number of halogens is 4. The van der Waals surface area contributed by atoms with Crippen molar-refractivity contribution in [3.63, 3.8) is 0 Å². The summed E-state index contributed by atoms with van der Waals surface area (Å²) < 4.78 is 40.8. The zero-order valence-corrected chi connectivity index (χ0v) is 16.4. The number of carbonyl (C=O) groups is 1. The molecule has 0 aliphatic heterocycles. The molecule has 0 fully saturated rings. The average Bonchev–Trinajstić information content (AvgIpc) is 3.01. The van der Waals surface area contributed by atoms with Gasteiger partial charge < -0.3 is 9.88 Å². The van der Waals surface area contributed by atoms with Crippen molar-refractivity contribution in [1.82, 2.24) is 19.2 Å². The van der Waals surface area contributed by atoms with E-state index in [2.05, 4.69) is 31.3 Å². The molecule has 3 rings (SSSR count). The minimum atomic E-state index is -4.45. The third-order valence-corrected chi connectivity index (χ3v) is 4.83. The van der Waals surface area contributed by atoms with Crippen molar-refractivity contribution in [2.24, 2.45) is 0 Å². The van der Waals surface area contributed by atoms with Gasteiger partial charge in [-0.25, -0.2) is 0 Å². The van der Waals surface area contributed by atoms with E-state index >= 15 is 0 Å². The van der Waals surface area contributed by atoms with E-state index in [0.717, 1.165) is 16.6 Å². The molecule has 7 nitrogen and oxygen atoms in total. The molecule has 28 heavy (non-hydrogen) atoms. The first-order valence-electron chi connectivity index (χ1n) is 8.23. The van der Waals surface area contributed by atoms with Gasteiger partial charge in [-0.1, -0.05) is 6.92 Å². The lowest BCUT2D eigenvalue weighted by Gasteiger charge is -2.15. The Bertz CT molecular complexity index is 1100. The highest BCUT2D eigenvalue weighted by atomic mass is 79.9. The summed E-state index contributed by atoms with van der Waals surface area (Å²) in [6.07, 6.45) is -4.00. The summed E-state index contributed by atoms with van der Waals surface area (Å²) in [4.78, 5) is 29.1. The summed E-state index contributed by atoms with van der Waals surface area (Å²) in [5.41, 5.74) is -0.395. The van der Waals surface area contributed by atoms with Gasteiger partial charge in [0.25, 0.3) is 5.56 Å². The molecule has 0 spiro atoms. The van der Waals surface area contributed by atoms with Gasteiger partial charge in [0.15, 0.2) is 0 Å². The molecule has 1 N–H and O–H groups in total. The molecule has 3 aromatic rings. The molecule has 2 heterocycles. The summed E-state index contributed by atoms with van der Waals surface area (Å²) in [5, 5.41) is 6.59. The first-order chi connectivity index (χ1) is 13.1. The molecule has 11 heteroatoms. The highest BCUT2D eigenvalue weighted by molar-refractivity contribution is 9.10. The smallest absolute Gasteiger partial charge is 0.325 e. The normalized spacial score (nSPS) is 11.8. The first-order valence-corrected chi connectivity index (χ1v) is 9.02. The lowest BCUT2D eigenvalue weighted by atomic mass is 10.2. The van der Waals surface area contributed by atoms with E-state index in [0.29, 0.717) is 17.9 Å². The van der Waals surface area contributed by atoms with Gasteiger partial charge in [-0.3, -0.25) is 9.59 Å². The molecule has 0 aliphatic carbocycles. The van der Waals surface area contributed by atoms with Crippen molar-refractivity contribution in [1.29, 1.82) is 0 Å². The van der Waals surface area contributed by atoms with Crippen LogP contribution in [-0.2, 0) is 23.9 Å². The van der Waals surface area contributed by atoms with Crippen molar-refractivity contribution in [2.75, 3.05) is 5.32 Å². The quantitative estimate of drug-likeness (QED) is 0.652. The number of nitrogens with one attached hydrogen (secondary N) is 1. The van der Waals surface area contributed by atoms with Crippen molar-refractivity contribution >= 4 is 33.3 Å². The Morgan fingerprint density at radius 1 is 1.25 bits per heavy atom. The number of carbonyl (C=O) groups excluding carboxylic acids is 1. The van der Waals surface area contributed by atoms with Gasteiger partial charge >= 0.3 is 6.18 Å². The molecule has 0 unspecified atom stereocenters. The minimum absolute atomic E-state index is 0.190. The van der Waals surface area contributed by atoms with Crippen LogP contribution in [0.3, 0.4) is 0 Å². The van der Waals surface area contributed by atoms with Gasteiger partial charge in [0, 0.05) is 11.4 Å². The molecule has 1 aromatic carbocycles. The Hall–Kier alpha value is -2.69. The minimum Gasteiger partial charge on any atom is -0.325 e. The Labute approximate surface area is 165 Å². The maximum Gasteiger partial charge on any atom is 0.416 e. The Morgan fingerprint density at radius 2 is 1.89 bits per heavy atom. The maximum atomic E-state index is 12.6. The molecule has 1 amide bonds. The number of aromatic nitrogens is 4. The van der Waals surface area contributed by atoms with E-state index in [1.165, 1.54) is 12.1 Å². The number of hydrogen-bond acceptors (Lipinski definition) is 4. The molecule has 0 atom stereocenters. The number of rotatable bonds is 4. The number of nitrogens with zero attached hydrogens (tertiary/aromatic N) is 4. The van der Waals surface area contributed by atoms with E-state index < -0.39 is 17.6 Å². The van der Waals surface area contributed by atoms with Crippen molar-refractivity contribution < 1.29 is 18.0 Å². The molecule has 0 saturated heterocycles. The summed E-state index contributed by atoms with van der Waals surface area (Å²) >= 11 is 3.24. The highest BCUT2D eigenvalue weighted by Crippen LogP contribution is 2.29. The van der Waals surface area contributed by atoms with Crippen molar-refractivity contribution in [3.05, 3.63) is 56.2 Å². The van der Waals surface area contributed by atoms with Crippen LogP contribution < -0.4 is 10.9 Å². The van der Waals surface area contributed by atoms with Gasteiger partial charge in [-0.05, 0) is 53.5 Å². The summed E-state index contributed by atoms with van der Waals surface area (Å²) in [6.45, 7) is 3.26. The van der Waals surface area contributed by atoms with Gasteiger partial charge in [-0.2, -0.15) is 22.7 Å². The topological polar surface area (TPSA) is 81.3 Å². The highest BCUT2D eigenvalue weighted by Gasteiger charge is 2.30. The molecular formula is C17H15BrF3N5O2. The summed E-state index contributed by atoms with van der Waals surface area (Å²) in [6, 6.07) is 4.14. The second-order valence-corrected chi connectivity index (χ2v) is 6.79. The SMILES string of the molecule is CCc1c(Br)c(=O)n2nc(C)nc2n1CC(=O)Nc1ccc(C(F)(F)F)cc1. The molecule has 148 valence electrons. The first kappa shape index (κ1) is 20.1. The standard InChI is InChI=1S/C17H15BrF3N5O2/c1-3-12-14(18)15(28)26-16(22-9(2)24-26)25(12)8-13(27)23-11-6-4-10(5-7-11)17(19,20)21/h4-7H,3,8H2,1-2H3,(H,23,27). The number of hydrogen-bond donors (Lipinski definition) is 1. The van der Waals surface area contributed by atoms with Crippen LogP contribution in [0.4, 0.5) is 18.9 Å². The number of aryl methyl sites for hydroxylation is 1. The largest absolute Gasteiger partial charge is 0.416 e. The van der Waals surface area contributed by atoms with Gasteiger partial charge in [0.05, 0.1) is 5.56 Å². The molecule has 0 bridgehead atoms. The number of alkyl halides is 3. The summed E-state index contributed by atoms with van der Waals surface area (Å²) in [5.74, 6) is 0.104. The van der Waals surface area contributed by atoms with Crippen molar-refractivity contribution in [2.45, 2.75) is 33.0 Å². The van der Waals surface area contributed by atoms with Crippen LogP contribution >= 0.6 is 15.9 Å². The fraction of sp³-hybridized carbons (Fsp3) is 0.294. The van der Waals surface area contributed by atoms with E-state index in [9.17, 15) is 22.8 Å². The Morgan fingerprint density at radius 3 is 2.46 bits per heavy atom. The third-order valence-electron chi connectivity index (χ3n) is 4.03.